The molecule has 0 aliphatic carbocycles. The number of hydrogen-bond acceptors (Lipinski definition) is 6. The van der Waals surface area contributed by atoms with E-state index in [0.717, 1.165) is 0 Å². The van der Waals surface area contributed by atoms with Crippen LogP contribution in [0.15, 0.2) is 42.6 Å². The van der Waals surface area contributed by atoms with Gasteiger partial charge in [0.15, 0.2) is 0 Å². The number of carbonyl (C=O) groups is 2. The molecule has 1 unspecified atom stereocenters. The van der Waals surface area contributed by atoms with Crippen molar-refractivity contribution in [1.29, 1.82) is 0 Å². The van der Waals surface area contributed by atoms with Crippen molar-refractivity contribution in [2.45, 2.75) is 39.3 Å². The van der Waals surface area contributed by atoms with Gasteiger partial charge in [0, 0.05) is 31.2 Å². The molecule has 1 fully saturated rings. The number of carbonyl (C=O) groups excluding carboxylic acids is 2. The maximum absolute atomic E-state index is 12.7. The topological polar surface area (TPSA) is 84.0 Å². The number of nitrogens with zero attached hydrogens (tertiary/aromatic N) is 3. The van der Waals surface area contributed by atoms with Gasteiger partial charge in [-0.15, -0.1) is 0 Å². The van der Waals surface area contributed by atoms with Gasteiger partial charge in [-0.1, -0.05) is 11.6 Å². The molecule has 2 aromatic rings. The molecule has 1 aliphatic rings. The highest BCUT2D eigenvalue weighted by molar-refractivity contribution is 6.30. The minimum Gasteiger partial charge on any atom is -0.456 e. The molecule has 0 spiro atoms. The molecule has 3 rings (SSSR count). The summed E-state index contributed by atoms with van der Waals surface area (Å²) in [4.78, 5) is 32.9. The number of piperazine rings is 1. The second-order valence-corrected chi connectivity index (χ2v) is 9.04. The van der Waals surface area contributed by atoms with Crippen molar-refractivity contribution in [3.63, 3.8) is 0 Å². The summed E-state index contributed by atoms with van der Waals surface area (Å²) in [7, 11) is 0. The first-order valence-corrected chi connectivity index (χ1v) is 10.9. The highest BCUT2D eigenvalue weighted by Crippen LogP contribution is 2.23. The monoisotopic (exact) mass is 460 g/mol. The van der Waals surface area contributed by atoms with Gasteiger partial charge in [0.2, 0.25) is 5.91 Å². The summed E-state index contributed by atoms with van der Waals surface area (Å²) in [6, 6.07) is 10.1. The smallest absolute Gasteiger partial charge is 0.410 e. The number of ether oxygens (including phenoxy) is 2. The van der Waals surface area contributed by atoms with Crippen LogP contribution in [0, 0.1) is 0 Å². The van der Waals surface area contributed by atoms with E-state index in [0.29, 0.717) is 48.5 Å². The number of nitrogens with one attached hydrogen (secondary N) is 1. The number of amides is 2. The van der Waals surface area contributed by atoms with Crippen LogP contribution in [-0.4, -0.2) is 64.6 Å². The van der Waals surface area contributed by atoms with Gasteiger partial charge in [0.1, 0.15) is 22.9 Å². The first-order chi connectivity index (χ1) is 15.1. The maximum atomic E-state index is 12.7. The van der Waals surface area contributed by atoms with Gasteiger partial charge in [-0.2, -0.15) is 0 Å². The van der Waals surface area contributed by atoms with Crippen LogP contribution < -0.4 is 10.1 Å². The Morgan fingerprint density at radius 1 is 1.03 bits per heavy atom. The minimum absolute atomic E-state index is 0.158. The normalized spacial score (nSPS) is 15.7. The summed E-state index contributed by atoms with van der Waals surface area (Å²) in [5.74, 6) is 1.48. The molecule has 0 radical (unpaired) electrons. The number of halogens is 1. The lowest BCUT2D eigenvalue weighted by molar-refractivity contribution is -0.121. The molecule has 1 aromatic carbocycles. The van der Waals surface area contributed by atoms with E-state index < -0.39 is 5.60 Å². The third kappa shape index (κ3) is 6.83. The summed E-state index contributed by atoms with van der Waals surface area (Å²) in [6.45, 7) is 9.59. The molecule has 32 heavy (non-hydrogen) atoms. The first-order valence-electron chi connectivity index (χ1n) is 10.5. The predicted molar refractivity (Wildman–Crippen MR) is 123 cm³/mol. The van der Waals surface area contributed by atoms with Crippen LogP contribution in [0.3, 0.4) is 0 Å². The van der Waals surface area contributed by atoms with E-state index in [4.69, 9.17) is 21.1 Å². The first kappa shape index (κ1) is 23.8. The van der Waals surface area contributed by atoms with Crippen molar-refractivity contribution in [2.75, 3.05) is 31.5 Å². The third-order valence-electron chi connectivity index (χ3n) is 4.93. The van der Waals surface area contributed by atoms with E-state index in [1.807, 2.05) is 32.6 Å². The van der Waals surface area contributed by atoms with Gasteiger partial charge < -0.3 is 19.7 Å². The Kier molecular flexibility index (Phi) is 7.58. The zero-order valence-corrected chi connectivity index (χ0v) is 19.6. The zero-order valence-electron chi connectivity index (χ0n) is 18.8. The van der Waals surface area contributed by atoms with Crippen molar-refractivity contribution in [3.8, 4) is 11.5 Å². The molecule has 1 saturated heterocycles. The Hall–Kier alpha value is -2.84. The second-order valence-electron chi connectivity index (χ2n) is 8.60. The standard InChI is InChI=1S/C23H29ClN4O4/c1-16(27-11-13-28(14-12-27)22(30)32-23(2,3)4)21(29)26-20-10-9-19(15-25-20)31-18-7-5-17(24)6-8-18/h5-10,15-16H,11-14H2,1-4H3,(H,25,26,29). The number of rotatable bonds is 5. The summed E-state index contributed by atoms with van der Waals surface area (Å²) in [5.41, 5.74) is -0.524. The van der Waals surface area contributed by atoms with E-state index in [1.54, 1.807) is 47.5 Å². The Morgan fingerprint density at radius 3 is 2.22 bits per heavy atom. The quantitative estimate of drug-likeness (QED) is 0.711. The van der Waals surface area contributed by atoms with Gasteiger partial charge >= 0.3 is 6.09 Å². The van der Waals surface area contributed by atoms with Crippen molar-refractivity contribution >= 4 is 29.4 Å². The fourth-order valence-electron chi connectivity index (χ4n) is 3.17. The molecule has 9 heteroatoms. The highest BCUT2D eigenvalue weighted by Gasteiger charge is 2.29. The summed E-state index contributed by atoms with van der Waals surface area (Å²) in [5, 5.41) is 3.47. The molecule has 0 saturated carbocycles. The van der Waals surface area contributed by atoms with Crippen LogP contribution in [0.1, 0.15) is 27.7 Å². The molecule has 1 aromatic heterocycles. The molecule has 2 heterocycles. The van der Waals surface area contributed by atoms with Crippen LogP contribution in [-0.2, 0) is 9.53 Å². The lowest BCUT2D eigenvalue weighted by Crippen LogP contribution is -2.54. The van der Waals surface area contributed by atoms with Crippen LogP contribution in [0.25, 0.3) is 0 Å². The molecule has 1 aliphatic heterocycles. The van der Waals surface area contributed by atoms with Crippen molar-refractivity contribution < 1.29 is 19.1 Å². The summed E-state index contributed by atoms with van der Waals surface area (Å²) in [6.07, 6.45) is 1.23. The fourth-order valence-corrected chi connectivity index (χ4v) is 3.29. The van der Waals surface area contributed by atoms with E-state index >= 15 is 0 Å². The molecular formula is C23H29ClN4O4. The number of pyridine rings is 1. The Labute approximate surface area is 193 Å². The molecule has 1 N–H and O–H groups in total. The minimum atomic E-state index is -0.524. The molecule has 1 atom stereocenters. The van der Waals surface area contributed by atoms with Gasteiger partial charge in [-0.05, 0) is 64.1 Å². The van der Waals surface area contributed by atoms with Gasteiger partial charge in [0.05, 0.1) is 12.2 Å². The van der Waals surface area contributed by atoms with Gasteiger partial charge in [0.25, 0.3) is 0 Å². The SMILES string of the molecule is CC(C(=O)Nc1ccc(Oc2ccc(Cl)cc2)cn1)N1CCN(C(=O)OC(C)(C)C)CC1. The van der Waals surface area contributed by atoms with Crippen molar-refractivity contribution in [2.24, 2.45) is 0 Å². The lowest BCUT2D eigenvalue weighted by atomic mass is 10.2. The fraction of sp³-hybridized carbons (Fsp3) is 0.435. The second kappa shape index (κ2) is 10.2. The zero-order chi connectivity index (χ0) is 23.3. The van der Waals surface area contributed by atoms with E-state index in [-0.39, 0.29) is 18.0 Å². The molecule has 2 amide bonds. The van der Waals surface area contributed by atoms with E-state index in [9.17, 15) is 9.59 Å². The van der Waals surface area contributed by atoms with Crippen LogP contribution in [0.4, 0.5) is 10.6 Å². The van der Waals surface area contributed by atoms with E-state index in [2.05, 4.69) is 10.3 Å². The predicted octanol–water partition coefficient (Wildman–Crippen LogP) is 4.41. The average Bonchev–Trinajstić information content (AvgIpc) is 2.75. The number of benzene rings is 1. The largest absolute Gasteiger partial charge is 0.456 e. The average molecular weight is 461 g/mol. The highest BCUT2D eigenvalue weighted by atomic mass is 35.5. The molecule has 172 valence electrons. The van der Waals surface area contributed by atoms with Crippen LogP contribution in [0.5, 0.6) is 11.5 Å². The number of hydrogen-bond donors (Lipinski definition) is 1. The van der Waals surface area contributed by atoms with Crippen LogP contribution >= 0.6 is 11.6 Å². The number of anilines is 1. The Balaban J connectivity index is 1.48. The van der Waals surface area contributed by atoms with Crippen LogP contribution in [0.2, 0.25) is 5.02 Å². The van der Waals surface area contributed by atoms with Crippen molar-refractivity contribution in [3.05, 3.63) is 47.6 Å². The maximum Gasteiger partial charge on any atom is 0.410 e. The van der Waals surface area contributed by atoms with E-state index in [1.165, 1.54) is 0 Å². The lowest BCUT2D eigenvalue weighted by Gasteiger charge is -2.37. The number of aromatic nitrogens is 1. The van der Waals surface area contributed by atoms with Gasteiger partial charge in [-0.3, -0.25) is 9.69 Å². The third-order valence-corrected chi connectivity index (χ3v) is 5.18. The Morgan fingerprint density at radius 2 is 1.66 bits per heavy atom. The summed E-state index contributed by atoms with van der Waals surface area (Å²) < 4.78 is 11.1. The van der Waals surface area contributed by atoms with Gasteiger partial charge in [-0.25, -0.2) is 9.78 Å². The Bertz CT molecular complexity index is 921. The summed E-state index contributed by atoms with van der Waals surface area (Å²) >= 11 is 5.87. The molecular weight excluding hydrogens is 432 g/mol. The molecule has 0 bridgehead atoms. The molecule has 8 nitrogen and oxygen atoms in total. The van der Waals surface area contributed by atoms with Crippen molar-refractivity contribution in [1.82, 2.24) is 14.8 Å².